The summed E-state index contributed by atoms with van der Waals surface area (Å²) in [6.07, 6.45) is 7.89. The van der Waals surface area contributed by atoms with E-state index in [0.717, 1.165) is 22.9 Å². The lowest BCUT2D eigenvalue weighted by molar-refractivity contribution is 0.477. The van der Waals surface area contributed by atoms with Crippen LogP contribution in [0.3, 0.4) is 0 Å². The van der Waals surface area contributed by atoms with Gasteiger partial charge in [-0.05, 0) is 60.7 Å². The lowest BCUT2D eigenvalue weighted by atomic mass is 9.95. The van der Waals surface area contributed by atoms with E-state index in [1.54, 1.807) is 0 Å². The molecule has 1 fully saturated rings. The van der Waals surface area contributed by atoms with Gasteiger partial charge in [-0.25, -0.2) is 0 Å². The Labute approximate surface area is 159 Å². The van der Waals surface area contributed by atoms with E-state index in [0.29, 0.717) is 0 Å². The molecule has 3 aromatic rings. The van der Waals surface area contributed by atoms with E-state index < -0.39 is 0 Å². The summed E-state index contributed by atoms with van der Waals surface area (Å²) in [6, 6.07) is 26.4. The monoisotopic (exact) mass is 360 g/mol. The molecule has 0 N–H and O–H groups in total. The maximum Gasteiger partial charge on any atom is 0.130 e. The van der Waals surface area contributed by atoms with Crippen LogP contribution in [-0.2, 0) is 11.8 Å². The summed E-state index contributed by atoms with van der Waals surface area (Å²) in [5.74, 6) is 1.78. The quantitative estimate of drug-likeness (QED) is 0.431. The second kappa shape index (κ2) is 7.39. The molecule has 1 aliphatic rings. The first-order valence-corrected chi connectivity index (χ1v) is 9.38. The van der Waals surface area contributed by atoms with Crippen molar-refractivity contribution in [2.24, 2.45) is 0 Å². The minimum atomic E-state index is 0.194. The zero-order chi connectivity index (χ0) is 17.8. The Balaban J connectivity index is 1.48. The van der Waals surface area contributed by atoms with E-state index >= 15 is 0 Å². The molecule has 0 unspecified atom stereocenters. The van der Waals surface area contributed by atoms with E-state index in [2.05, 4.69) is 36.4 Å². The third-order valence-electron chi connectivity index (χ3n) is 4.93. The van der Waals surface area contributed by atoms with E-state index in [1.807, 2.05) is 54.6 Å². The minimum absolute atomic E-state index is 0.194. The molecule has 1 aliphatic carbocycles. The van der Waals surface area contributed by atoms with Gasteiger partial charge in [0.2, 0.25) is 0 Å². The lowest BCUT2D eigenvalue weighted by Crippen LogP contribution is -2.01. The highest BCUT2D eigenvalue weighted by molar-refractivity contribution is 6.30. The van der Waals surface area contributed by atoms with Crippen LogP contribution in [0.15, 0.2) is 91.0 Å². The van der Waals surface area contributed by atoms with Gasteiger partial charge in [-0.1, -0.05) is 72.3 Å². The zero-order valence-electron chi connectivity index (χ0n) is 14.6. The number of hydrogen-bond donors (Lipinski definition) is 0. The Morgan fingerprint density at radius 1 is 0.846 bits per heavy atom. The molecule has 1 nitrogen and oxygen atoms in total. The van der Waals surface area contributed by atoms with Crippen LogP contribution >= 0.6 is 11.6 Å². The maximum absolute atomic E-state index is 6.06. The van der Waals surface area contributed by atoms with Crippen LogP contribution in [-0.4, -0.2) is 0 Å². The first-order valence-electron chi connectivity index (χ1n) is 9.00. The average molecular weight is 361 g/mol. The predicted molar refractivity (Wildman–Crippen MR) is 108 cm³/mol. The van der Waals surface area contributed by atoms with Gasteiger partial charge >= 0.3 is 0 Å². The van der Waals surface area contributed by atoms with Crippen molar-refractivity contribution in [3.05, 3.63) is 107 Å². The van der Waals surface area contributed by atoms with Gasteiger partial charge in [0.25, 0.3) is 0 Å². The van der Waals surface area contributed by atoms with Crippen molar-refractivity contribution in [3.63, 3.8) is 0 Å². The fourth-order valence-corrected chi connectivity index (χ4v) is 3.39. The fraction of sp³-hybridized carbons (Fsp3) is 0.167. The Morgan fingerprint density at radius 3 is 2.27 bits per heavy atom. The van der Waals surface area contributed by atoms with Gasteiger partial charge in [0.05, 0.1) is 0 Å². The summed E-state index contributed by atoms with van der Waals surface area (Å²) in [5.41, 5.74) is 2.74. The summed E-state index contributed by atoms with van der Waals surface area (Å²) in [4.78, 5) is 0. The second-order valence-electron chi connectivity index (χ2n) is 6.79. The van der Waals surface area contributed by atoms with Crippen LogP contribution in [0, 0.1) is 0 Å². The van der Waals surface area contributed by atoms with Gasteiger partial charge in [-0.15, -0.1) is 0 Å². The van der Waals surface area contributed by atoms with Gasteiger partial charge in [-0.2, -0.15) is 0 Å². The Morgan fingerprint density at radius 2 is 1.54 bits per heavy atom. The van der Waals surface area contributed by atoms with Gasteiger partial charge < -0.3 is 4.74 Å². The molecule has 0 atom stereocenters. The topological polar surface area (TPSA) is 9.23 Å². The number of halogens is 1. The largest absolute Gasteiger partial charge is 0.457 e. The molecule has 26 heavy (non-hydrogen) atoms. The normalized spacial score (nSPS) is 15.1. The van der Waals surface area contributed by atoms with E-state index in [1.165, 1.54) is 24.0 Å². The van der Waals surface area contributed by atoms with Gasteiger partial charge in [0.1, 0.15) is 11.5 Å². The molecule has 3 aromatic carbocycles. The summed E-state index contributed by atoms with van der Waals surface area (Å²) in [5, 5.41) is 0.792. The highest BCUT2D eigenvalue weighted by Crippen LogP contribution is 2.49. The number of ether oxygens (including phenoxy) is 1. The van der Waals surface area contributed by atoms with Gasteiger partial charge in [0.15, 0.2) is 0 Å². The van der Waals surface area contributed by atoms with Crippen molar-refractivity contribution in [1.82, 2.24) is 0 Å². The molecule has 1 saturated carbocycles. The van der Waals surface area contributed by atoms with Crippen LogP contribution in [0.2, 0.25) is 5.02 Å². The van der Waals surface area contributed by atoms with Gasteiger partial charge in [0, 0.05) is 10.4 Å². The van der Waals surface area contributed by atoms with Crippen LogP contribution < -0.4 is 4.74 Å². The third kappa shape index (κ3) is 3.84. The van der Waals surface area contributed by atoms with Crippen LogP contribution in [0.4, 0.5) is 0 Å². The first-order chi connectivity index (χ1) is 12.8. The van der Waals surface area contributed by atoms with Gasteiger partial charge in [-0.3, -0.25) is 0 Å². The van der Waals surface area contributed by atoms with E-state index in [-0.39, 0.29) is 5.41 Å². The fourth-order valence-electron chi connectivity index (χ4n) is 3.27. The molecule has 130 valence electrons. The smallest absolute Gasteiger partial charge is 0.130 e. The summed E-state index contributed by atoms with van der Waals surface area (Å²) < 4.78 is 6.06. The number of benzene rings is 3. The highest BCUT2D eigenvalue weighted by Gasteiger charge is 2.41. The summed E-state index contributed by atoms with van der Waals surface area (Å²) in [7, 11) is 0. The maximum atomic E-state index is 6.06. The number of rotatable bonds is 6. The summed E-state index contributed by atoms with van der Waals surface area (Å²) >= 11 is 6.02. The number of para-hydroxylation sites is 2. The Kier molecular flexibility index (Phi) is 4.81. The molecule has 0 saturated heterocycles. The molecule has 0 aromatic heterocycles. The molecule has 2 heteroatoms. The van der Waals surface area contributed by atoms with E-state index in [4.69, 9.17) is 16.3 Å². The lowest BCUT2D eigenvalue weighted by Gasteiger charge is -2.12. The highest BCUT2D eigenvalue weighted by atomic mass is 35.5. The van der Waals surface area contributed by atoms with Crippen LogP contribution in [0.1, 0.15) is 24.0 Å². The average Bonchev–Trinajstić information content (AvgIpc) is 3.45. The molecular formula is C24H21ClO. The van der Waals surface area contributed by atoms with Crippen LogP contribution in [0.25, 0.3) is 0 Å². The molecular weight excluding hydrogens is 340 g/mol. The Bertz CT molecular complexity index is 893. The standard InChI is InChI=1S/C24H21ClO/c25-21-14-12-20(13-15-21)24(17-18-24)16-6-8-19-7-4-5-11-23(19)26-22-9-2-1-3-10-22/h1-7,9-16H,8,17-18H2. The number of hydrogen-bond acceptors (Lipinski definition) is 1. The van der Waals surface area contributed by atoms with Crippen molar-refractivity contribution in [2.75, 3.05) is 0 Å². The van der Waals surface area contributed by atoms with E-state index in [9.17, 15) is 0 Å². The molecule has 0 bridgehead atoms. The van der Waals surface area contributed by atoms with Crippen molar-refractivity contribution in [1.29, 1.82) is 0 Å². The van der Waals surface area contributed by atoms with Crippen LogP contribution in [0.5, 0.6) is 11.5 Å². The van der Waals surface area contributed by atoms with Crippen molar-refractivity contribution >= 4 is 11.6 Å². The molecule has 0 heterocycles. The molecule has 0 amide bonds. The molecule has 4 rings (SSSR count). The molecule has 0 radical (unpaired) electrons. The third-order valence-corrected chi connectivity index (χ3v) is 5.18. The zero-order valence-corrected chi connectivity index (χ0v) is 15.3. The predicted octanol–water partition coefficient (Wildman–Crippen LogP) is 6.96. The first kappa shape index (κ1) is 16.9. The second-order valence-corrected chi connectivity index (χ2v) is 7.23. The number of allylic oxidation sites excluding steroid dienone is 2. The molecule has 0 aliphatic heterocycles. The van der Waals surface area contributed by atoms with Crippen molar-refractivity contribution < 1.29 is 4.74 Å². The van der Waals surface area contributed by atoms with Crippen molar-refractivity contribution in [3.8, 4) is 11.5 Å². The SMILES string of the molecule is Clc1ccc(C2(C=CCc3ccccc3Oc3ccccc3)CC2)cc1. The Hall–Kier alpha value is -2.51. The molecule has 0 spiro atoms. The summed E-state index contributed by atoms with van der Waals surface area (Å²) in [6.45, 7) is 0. The van der Waals surface area contributed by atoms with Crippen molar-refractivity contribution in [2.45, 2.75) is 24.7 Å². The minimum Gasteiger partial charge on any atom is -0.457 e.